The number of carboxylic acids is 1. The third-order valence-corrected chi connectivity index (χ3v) is 5.94. The molecule has 0 aliphatic carbocycles. The largest absolute Gasteiger partial charge is 0.494 e. The number of halogens is 1. The Hall–Kier alpha value is -1.08. The molecule has 1 saturated heterocycles. The molecule has 0 unspecified atom stereocenters. The van der Waals surface area contributed by atoms with Crippen molar-refractivity contribution >= 4 is 39.1 Å². The third-order valence-electron chi connectivity index (χ3n) is 3.65. The number of thiophene rings is 1. The summed E-state index contributed by atoms with van der Waals surface area (Å²) in [6, 6.07) is 0. The average Bonchev–Trinajstić information content (AvgIpc) is 2.92. The number of aliphatic carboxylic acids is 1. The van der Waals surface area contributed by atoms with E-state index in [1.54, 1.807) is 11.8 Å². The van der Waals surface area contributed by atoms with Crippen LogP contribution in [0.2, 0.25) is 0 Å². The van der Waals surface area contributed by atoms with Crippen LogP contribution < -0.4 is 4.74 Å². The van der Waals surface area contributed by atoms with Crippen molar-refractivity contribution in [3.63, 3.8) is 0 Å². The Kier molecular flexibility index (Phi) is 4.11. The van der Waals surface area contributed by atoms with E-state index in [9.17, 15) is 14.7 Å². The van der Waals surface area contributed by atoms with Gasteiger partial charge in [-0.2, -0.15) is 0 Å². The first-order chi connectivity index (χ1) is 9.30. The van der Waals surface area contributed by atoms with E-state index in [2.05, 4.69) is 15.9 Å². The van der Waals surface area contributed by atoms with Crippen LogP contribution in [0.25, 0.3) is 0 Å². The molecule has 0 bridgehead atoms. The average molecular weight is 362 g/mol. The highest BCUT2D eigenvalue weighted by atomic mass is 79.9. The van der Waals surface area contributed by atoms with E-state index in [0.717, 1.165) is 9.35 Å². The van der Waals surface area contributed by atoms with Crippen molar-refractivity contribution in [3.05, 3.63) is 14.2 Å². The van der Waals surface area contributed by atoms with Gasteiger partial charge in [-0.05, 0) is 36.2 Å². The zero-order chi connectivity index (χ0) is 15.1. The van der Waals surface area contributed by atoms with Gasteiger partial charge in [-0.15, -0.1) is 11.3 Å². The summed E-state index contributed by atoms with van der Waals surface area (Å²) in [7, 11) is 1.52. The van der Waals surface area contributed by atoms with Crippen LogP contribution in [-0.4, -0.2) is 42.1 Å². The number of ether oxygens (including phenoxy) is 1. The maximum atomic E-state index is 12.5. The van der Waals surface area contributed by atoms with Gasteiger partial charge in [0.1, 0.15) is 4.88 Å². The number of aryl methyl sites for hydroxylation is 1. The normalized spacial score (nSPS) is 22.1. The van der Waals surface area contributed by atoms with Gasteiger partial charge in [0.25, 0.3) is 5.91 Å². The van der Waals surface area contributed by atoms with Crippen LogP contribution in [0.4, 0.5) is 0 Å². The van der Waals surface area contributed by atoms with Gasteiger partial charge in [0.2, 0.25) is 0 Å². The van der Waals surface area contributed by atoms with E-state index in [4.69, 9.17) is 4.74 Å². The molecule has 1 aromatic rings. The molecule has 110 valence electrons. The van der Waals surface area contributed by atoms with Gasteiger partial charge >= 0.3 is 5.97 Å². The van der Waals surface area contributed by atoms with Crippen LogP contribution >= 0.6 is 27.3 Å². The Morgan fingerprint density at radius 2 is 2.15 bits per heavy atom. The molecule has 0 saturated carbocycles. The fourth-order valence-electron chi connectivity index (χ4n) is 2.28. The molecule has 7 heteroatoms. The number of carboxylic acid groups (broad SMARTS) is 1. The molecule has 1 atom stereocenters. The SMILES string of the molecule is COc1c(C(=O)N2CC[C@](C)(C(=O)O)C2)sc(C)c1Br. The lowest BCUT2D eigenvalue weighted by molar-refractivity contribution is -0.147. The lowest BCUT2D eigenvalue weighted by Crippen LogP contribution is -2.34. The number of carbonyl (C=O) groups is 2. The quantitative estimate of drug-likeness (QED) is 0.898. The molecule has 1 aromatic heterocycles. The maximum absolute atomic E-state index is 12.5. The summed E-state index contributed by atoms with van der Waals surface area (Å²) in [5.74, 6) is -0.490. The van der Waals surface area contributed by atoms with Gasteiger partial charge in [0.15, 0.2) is 5.75 Å². The smallest absolute Gasteiger partial charge is 0.311 e. The van der Waals surface area contributed by atoms with Gasteiger partial charge < -0.3 is 14.7 Å². The predicted molar refractivity (Wildman–Crippen MR) is 79.6 cm³/mol. The number of rotatable bonds is 3. The molecule has 0 aromatic carbocycles. The third kappa shape index (κ3) is 2.44. The molecule has 0 spiro atoms. The highest BCUT2D eigenvalue weighted by Crippen LogP contribution is 2.41. The Balaban J connectivity index is 2.26. The zero-order valence-corrected chi connectivity index (χ0v) is 13.9. The van der Waals surface area contributed by atoms with Crippen molar-refractivity contribution in [2.45, 2.75) is 20.3 Å². The van der Waals surface area contributed by atoms with Crippen molar-refractivity contribution in [3.8, 4) is 5.75 Å². The second-order valence-electron chi connectivity index (χ2n) is 5.18. The number of methoxy groups -OCH3 is 1. The summed E-state index contributed by atoms with van der Waals surface area (Å²) in [5.41, 5.74) is -0.855. The highest BCUT2D eigenvalue weighted by molar-refractivity contribution is 9.10. The van der Waals surface area contributed by atoms with Crippen molar-refractivity contribution in [1.82, 2.24) is 4.90 Å². The predicted octanol–water partition coefficient (Wildman–Crippen LogP) is 2.76. The van der Waals surface area contributed by atoms with E-state index in [1.165, 1.54) is 18.4 Å². The van der Waals surface area contributed by atoms with Crippen molar-refractivity contribution in [2.75, 3.05) is 20.2 Å². The lowest BCUT2D eigenvalue weighted by atomic mass is 9.90. The zero-order valence-electron chi connectivity index (χ0n) is 11.5. The molecular weight excluding hydrogens is 346 g/mol. The highest BCUT2D eigenvalue weighted by Gasteiger charge is 2.43. The van der Waals surface area contributed by atoms with Crippen LogP contribution in [0.15, 0.2) is 4.47 Å². The summed E-state index contributed by atoms with van der Waals surface area (Å²) < 4.78 is 6.06. The summed E-state index contributed by atoms with van der Waals surface area (Å²) >= 11 is 4.76. The summed E-state index contributed by atoms with van der Waals surface area (Å²) in [5, 5.41) is 9.22. The van der Waals surface area contributed by atoms with E-state index in [-0.39, 0.29) is 12.5 Å². The van der Waals surface area contributed by atoms with E-state index in [1.807, 2.05) is 6.92 Å². The number of carbonyl (C=O) groups excluding carboxylic acids is 1. The fraction of sp³-hybridized carbons (Fsp3) is 0.538. The molecule has 2 heterocycles. The van der Waals surface area contributed by atoms with Gasteiger partial charge in [-0.25, -0.2) is 0 Å². The first-order valence-electron chi connectivity index (χ1n) is 6.15. The Bertz CT molecular complexity index is 571. The summed E-state index contributed by atoms with van der Waals surface area (Å²) in [4.78, 5) is 26.9. The van der Waals surface area contributed by atoms with E-state index < -0.39 is 11.4 Å². The van der Waals surface area contributed by atoms with E-state index >= 15 is 0 Å². The molecule has 20 heavy (non-hydrogen) atoms. The fourth-order valence-corrected chi connectivity index (χ4v) is 4.00. The van der Waals surface area contributed by atoms with Gasteiger partial charge in [0, 0.05) is 18.0 Å². The lowest BCUT2D eigenvalue weighted by Gasteiger charge is -2.20. The second kappa shape index (κ2) is 5.37. The molecule has 1 aliphatic rings. The minimum absolute atomic E-state index is 0.161. The molecule has 1 N–H and O–H groups in total. The summed E-state index contributed by atoms with van der Waals surface area (Å²) in [6.07, 6.45) is 0.474. The monoisotopic (exact) mass is 361 g/mol. The molecule has 2 rings (SSSR count). The van der Waals surface area contributed by atoms with Crippen LogP contribution in [-0.2, 0) is 4.79 Å². The van der Waals surface area contributed by atoms with Crippen molar-refractivity contribution in [2.24, 2.45) is 5.41 Å². The molecule has 1 amide bonds. The molecule has 1 aliphatic heterocycles. The molecule has 1 fully saturated rings. The van der Waals surface area contributed by atoms with Crippen molar-refractivity contribution in [1.29, 1.82) is 0 Å². The first-order valence-corrected chi connectivity index (χ1v) is 7.76. The Labute approximate surface area is 129 Å². The molecule has 5 nitrogen and oxygen atoms in total. The summed E-state index contributed by atoms with van der Waals surface area (Å²) in [6.45, 7) is 4.27. The van der Waals surface area contributed by atoms with Gasteiger partial charge in [-0.3, -0.25) is 9.59 Å². The van der Waals surface area contributed by atoms with Crippen molar-refractivity contribution < 1.29 is 19.4 Å². The molecular formula is C13H16BrNO4S. The van der Waals surface area contributed by atoms with Crippen LogP contribution in [0, 0.1) is 12.3 Å². The van der Waals surface area contributed by atoms with E-state index in [0.29, 0.717) is 23.6 Å². The number of amides is 1. The number of hydrogen-bond donors (Lipinski definition) is 1. The number of hydrogen-bond acceptors (Lipinski definition) is 4. The topological polar surface area (TPSA) is 66.8 Å². The van der Waals surface area contributed by atoms with Crippen LogP contribution in [0.3, 0.4) is 0 Å². The Morgan fingerprint density at radius 3 is 2.65 bits per heavy atom. The van der Waals surface area contributed by atoms with Crippen LogP contribution in [0.1, 0.15) is 27.9 Å². The minimum atomic E-state index is -0.858. The Morgan fingerprint density at radius 1 is 1.50 bits per heavy atom. The number of likely N-dealkylation sites (tertiary alicyclic amines) is 1. The first kappa shape index (κ1) is 15.3. The van der Waals surface area contributed by atoms with Gasteiger partial charge in [-0.1, -0.05) is 0 Å². The molecule has 0 radical (unpaired) electrons. The second-order valence-corrected chi connectivity index (χ2v) is 7.19. The maximum Gasteiger partial charge on any atom is 0.311 e. The standard InChI is InChI=1S/C13H16BrNO4S/c1-7-8(14)9(19-3)10(20-7)11(16)15-5-4-13(2,6-15)12(17)18/h4-6H2,1-3H3,(H,17,18)/t13-/m0/s1. The van der Waals surface area contributed by atoms with Gasteiger partial charge in [0.05, 0.1) is 17.0 Å². The minimum Gasteiger partial charge on any atom is -0.494 e. The number of nitrogens with zero attached hydrogens (tertiary/aromatic N) is 1. The van der Waals surface area contributed by atoms with Crippen LogP contribution in [0.5, 0.6) is 5.75 Å².